The Hall–Kier alpha value is 0.460. The van der Waals surface area contributed by atoms with Crippen molar-refractivity contribution in [1.82, 2.24) is 9.80 Å². The number of likely N-dealkylation sites (tertiary alicyclic amines) is 2. The number of nitrogens with zero attached hydrogens (tertiary/aromatic N) is 2. The second-order valence-electron chi connectivity index (χ2n) is 4.99. The van der Waals surface area contributed by atoms with Gasteiger partial charge < -0.3 is 15.3 Å². The van der Waals surface area contributed by atoms with Crippen LogP contribution >= 0.6 is 24.8 Å². The molecular weight excluding hydrogens is 283 g/mol. The van der Waals surface area contributed by atoms with Gasteiger partial charge in [0.25, 0.3) is 0 Å². The van der Waals surface area contributed by atoms with Crippen molar-refractivity contribution in [2.45, 2.75) is 52.4 Å². The largest absolute Gasteiger partial charge is 0.412 e. The van der Waals surface area contributed by atoms with Crippen LogP contribution in [0.1, 0.15) is 52.4 Å². The second kappa shape index (κ2) is 16.5. The average molecular weight is 317 g/mol. The van der Waals surface area contributed by atoms with Gasteiger partial charge in [-0.2, -0.15) is 0 Å². The van der Waals surface area contributed by atoms with Crippen molar-refractivity contribution in [3.8, 4) is 0 Å². The molecule has 2 aliphatic rings. The normalized spacial score (nSPS) is 19.9. The van der Waals surface area contributed by atoms with Gasteiger partial charge in [-0.3, -0.25) is 0 Å². The molecule has 0 spiro atoms. The maximum absolute atomic E-state index is 2.52. The lowest BCUT2D eigenvalue weighted by Crippen LogP contribution is -2.29. The van der Waals surface area contributed by atoms with Gasteiger partial charge in [0.1, 0.15) is 0 Å². The van der Waals surface area contributed by atoms with E-state index < -0.39 is 0 Å². The molecule has 2 heterocycles. The van der Waals surface area contributed by atoms with Gasteiger partial charge in [-0.25, -0.2) is 0 Å². The number of rotatable bonds is 2. The third-order valence-electron chi connectivity index (χ3n) is 3.79. The Kier molecular flexibility index (Phi) is 21.3. The topological polar surface area (TPSA) is 38.0 Å². The van der Waals surface area contributed by atoms with Crippen molar-refractivity contribution < 1.29 is 5.48 Å². The van der Waals surface area contributed by atoms with Crippen LogP contribution in [0.4, 0.5) is 0 Å². The first-order valence-electron chi connectivity index (χ1n) is 7.31. The zero-order valence-corrected chi connectivity index (χ0v) is 14.3. The van der Waals surface area contributed by atoms with Crippen molar-refractivity contribution in [3.05, 3.63) is 0 Å². The summed E-state index contributed by atoms with van der Waals surface area (Å²) in [5.74, 6) is 0. The first-order chi connectivity index (χ1) is 7.86. The van der Waals surface area contributed by atoms with Gasteiger partial charge >= 0.3 is 0 Å². The van der Waals surface area contributed by atoms with Crippen LogP contribution in [0, 0.1) is 0 Å². The molecular formula is C14H34Cl2N2O. The first kappa shape index (κ1) is 24.5. The van der Waals surface area contributed by atoms with Crippen LogP contribution in [0.2, 0.25) is 0 Å². The van der Waals surface area contributed by atoms with Gasteiger partial charge in [0.2, 0.25) is 0 Å². The predicted octanol–water partition coefficient (Wildman–Crippen LogP) is 3.00. The third kappa shape index (κ3) is 11.9. The summed E-state index contributed by atoms with van der Waals surface area (Å²) in [5.41, 5.74) is 0. The summed E-state index contributed by atoms with van der Waals surface area (Å²) in [6.07, 6.45) is 8.61. The lowest BCUT2D eigenvalue weighted by atomic mass is 10.1. The first-order valence-corrected chi connectivity index (χ1v) is 7.31. The van der Waals surface area contributed by atoms with Gasteiger partial charge in [-0.15, -0.1) is 24.8 Å². The van der Waals surface area contributed by atoms with Gasteiger partial charge in [-0.1, -0.05) is 26.7 Å². The Labute approximate surface area is 132 Å². The molecule has 0 aliphatic carbocycles. The Morgan fingerprint density at radius 2 is 0.842 bits per heavy atom. The highest BCUT2D eigenvalue weighted by Gasteiger charge is 2.06. The average Bonchev–Trinajstić information content (AvgIpc) is 2.41. The van der Waals surface area contributed by atoms with Gasteiger partial charge in [0, 0.05) is 0 Å². The van der Waals surface area contributed by atoms with Crippen LogP contribution < -0.4 is 0 Å². The van der Waals surface area contributed by atoms with E-state index in [-0.39, 0.29) is 30.3 Å². The molecule has 0 aromatic carbocycles. The van der Waals surface area contributed by atoms with E-state index in [2.05, 4.69) is 23.6 Å². The van der Waals surface area contributed by atoms with Crippen LogP contribution in [0.5, 0.6) is 0 Å². The van der Waals surface area contributed by atoms with E-state index in [1.165, 1.54) is 77.8 Å². The molecule has 0 atom stereocenters. The number of hydrogen-bond donors (Lipinski definition) is 0. The second-order valence-corrected chi connectivity index (χ2v) is 4.99. The summed E-state index contributed by atoms with van der Waals surface area (Å²) in [4.78, 5) is 5.03. The van der Waals surface area contributed by atoms with E-state index in [0.29, 0.717) is 0 Å². The van der Waals surface area contributed by atoms with Gasteiger partial charge in [0.15, 0.2) is 0 Å². The summed E-state index contributed by atoms with van der Waals surface area (Å²) in [7, 11) is 0. The maximum atomic E-state index is 2.52. The molecule has 2 rings (SSSR count). The fourth-order valence-corrected chi connectivity index (χ4v) is 2.55. The zero-order valence-electron chi connectivity index (χ0n) is 12.7. The Balaban J connectivity index is -0.000000233. The summed E-state index contributed by atoms with van der Waals surface area (Å²) < 4.78 is 0. The van der Waals surface area contributed by atoms with Crippen LogP contribution in [-0.2, 0) is 0 Å². The van der Waals surface area contributed by atoms with Crippen molar-refractivity contribution in [2.75, 3.05) is 39.3 Å². The fraction of sp³-hybridized carbons (Fsp3) is 1.00. The van der Waals surface area contributed by atoms with E-state index in [1.54, 1.807) is 0 Å². The smallest absolute Gasteiger partial charge is 0.00188 e. The molecule has 2 saturated heterocycles. The van der Waals surface area contributed by atoms with E-state index in [9.17, 15) is 0 Å². The zero-order chi connectivity index (χ0) is 11.6. The molecule has 19 heavy (non-hydrogen) atoms. The molecule has 2 fully saturated rings. The van der Waals surface area contributed by atoms with Crippen molar-refractivity contribution in [3.63, 3.8) is 0 Å². The minimum Gasteiger partial charge on any atom is -0.412 e. The van der Waals surface area contributed by atoms with Crippen LogP contribution in [0.3, 0.4) is 0 Å². The highest BCUT2D eigenvalue weighted by Crippen LogP contribution is 2.07. The summed E-state index contributed by atoms with van der Waals surface area (Å²) in [6, 6.07) is 0. The van der Waals surface area contributed by atoms with E-state index >= 15 is 0 Å². The molecule has 120 valence electrons. The molecule has 0 radical (unpaired) electrons. The Morgan fingerprint density at radius 1 is 0.579 bits per heavy atom. The van der Waals surface area contributed by atoms with Crippen LogP contribution in [0.25, 0.3) is 0 Å². The van der Waals surface area contributed by atoms with Crippen molar-refractivity contribution in [1.29, 1.82) is 0 Å². The molecule has 0 unspecified atom stereocenters. The molecule has 3 nitrogen and oxygen atoms in total. The maximum Gasteiger partial charge on any atom is -0.00188 e. The number of halogens is 2. The fourth-order valence-electron chi connectivity index (χ4n) is 2.55. The predicted molar refractivity (Wildman–Crippen MR) is 90.0 cm³/mol. The molecule has 0 bridgehead atoms. The molecule has 2 aliphatic heterocycles. The highest BCUT2D eigenvalue weighted by molar-refractivity contribution is 5.85. The van der Waals surface area contributed by atoms with Gasteiger partial charge in [-0.05, 0) is 65.0 Å². The number of hydrogen-bond acceptors (Lipinski definition) is 2. The van der Waals surface area contributed by atoms with Gasteiger partial charge in [0.05, 0.1) is 0 Å². The standard InChI is InChI=1S/2C7H15N.2ClH.H2O/c2*1-2-8-6-4-3-5-7-8;;;/h2*2-7H2,1H3;2*1H;1H2. The summed E-state index contributed by atoms with van der Waals surface area (Å²) in [5, 5.41) is 0. The lowest BCUT2D eigenvalue weighted by molar-refractivity contribution is 0.240. The van der Waals surface area contributed by atoms with Crippen molar-refractivity contribution >= 4 is 24.8 Å². The van der Waals surface area contributed by atoms with Crippen LogP contribution in [-0.4, -0.2) is 54.5 Å². The molecule has 2 N–H and O–H groups in total. The number of piperidine rings is 2. The van der Waals surface area contributed by atoms with Crippen LogP contribution in [0.15, 0.2) is 0 Å². The molecule has 0 aromatic rings. The van der Waals surface area contributed by atoms with E-state index in [4.69, 9.17) is 0 Å². The van der Waals surface area contributed by atoms with E-state index in [1.807, 2.05) is 0 Å². The lowest BCUT2D eigenvalue weighted by Gasteiger charge is -2.24. The highest BCUT2D eigenvalue weighted by atomic mass is 35.5. The SMILES string of the molecule is CCN1CCCCC1.CCN1CCCCC1.Cl.Cl.O. The molecule has 0 saturated carbocycles. The quantitative estimate of drug-likeness (QED) is 0.785. The monoisotopic (exact) mass is 316 g/mol. The summed E-state index contributed by atoms with van der Waals surface area (Å²) in [6.45, 7) is 12.4. The molecule has 5 heteroatoms. The minimum absolute atomic E-state index is 0. The minimum atomic E-state index is 0. The van der Waals surface area contributed by atoms with Crippen molar-refractivity contribution in [2.24, 2.45) is 0 Å². The molecule has 0 aromatic heterocycles. The summed E-state index contributed by atoms with van der Waals surface area (Å²) >= 11 is 0. The Bertz CT molecular complexity index is 144. The third-order valence-corrected chi connectivity index (χ3v) is 3.79. The Morgan fingerprint density at radius 3 is 1.00 bits per heavy atom. The van der Waals surface area contributed by atoms with E-state index in [0.717, 1.165) is 0 Å². The molecule has 0 amide bonds.